The van der Waals surface area contributed by atoms with E-state index in [1.165, 1.54) is 24.3 Å². The number of hydrogen-bond donors (Lipinski definition) is 2. The lowest BCUT2D eigenvalue weighted by Crippen LogP contribution is -2.36. The van der Waals surface area contributed by atoms with Crippen molar-refractivity contribution in [1.29, 1.82) is 0 Å². The number of benzene rings is 2. The van der Waals surface area contributed by atoms with Crippen LogP contribution in [0.4, 0.5) is 18.9 Å². The molecule has 2 aromatic rings. The van der Waals surface area contributed by atoms with Gasteiger partial charge in [-0.25, -0.2) is 4.79 Å². The lowest BCUT2D eigenvalue weighted by Gasteiger charge is -2.44. The molecule has 5 rings (SSSR count). The van der Waals surface area contributed by atoms with Crippen molar-refractivity contribution in [3.05, 3.63) is 58.1 Å². The molecule has 30 heavy (non-hydrogen) atoms. The molecule has 0 spiro atoms. The Bertz CT molecular complexity index is 1030. The number of carboxylic acid groups (broad SMARTS) is 1. The molecule has 1 aliphatic heterocycles. The first-order valence-electron chi connectivity index (χ1n) is 9.90. The maximum Gasteiger partial charge on any atom is 0.573 e. The average molecular weight is 438 g/mol. The number of fused-ring (bicyclic) bond motifs is 7. The summed E-state index contributed by atoms with van der Waals surface area (Å²) in [6.45, 7) is 0. The van der Waals surface area contributed by atoms with Gasteiger partial charge < -0.3 is 15.2 Å². The van der Waals surface area contributed by atoms with Gasteiger partial charge in [-0.1, -0.05) is 23.7 Å². The van der Waals surface area contributed by atoms with E-state index in [0.717, 1.165) is 24.8 Å². The van der Waals surface area contributed by atoms with Crippen LogP contribution in [-0.2, 0) is 0 Å². The number of carbonyl (C=O) groups is 1. The molecule has 3 aliphatic rings. The summed E-state index contributed by atoms with van der Waals surface area (Å²) in [4.78, 5) is 11.9. The largest absolute Gasteiger partial charge is 0.573 e. The van der Waals surface area contributed by atoms with E-state index in [0.29, 0.717) is 28.1 Å². The summed E-state index contributed by atoms with van der Waals surface area (Å²) >= 11 is 6.24. The third-order valence-corrected chi connectivity index (χ3v) is 7.06. The minimum absolute atomic E-state index is 0.0893. The zero-order chi connectivity index (χ0) is 21.2. The third-order valence-electron chi connectivity index (χ3n) is 6.84. The summed E-state index contributed by atoms with van der Waals surface area (Å²) in [5, 5.41) is 13.5. The standard InChI is InChI=1S/C22H19ClF3NO3/c23-13-8-15-17-10-4-5-11(6-10)18(17)19(27-20(15)16(9-13)21(28)29)12-2-1-3-14(7-12)30-22(24,25)26/h1-3,7-11,17-19,27H,4-6H2,(H,28,29). The SMILES string of the molecule is O=C(O)c1cc(Cl)cc2c1NC(c1cccc(OC(F)(F)F)c1)C1C3CCC(C3)C21. The summed E-state index contributed by atoms with van der Waals surface area (Å²) in [6, 6.07) is 8.94. The fraction of sp³-hybridized carbons (Fsp3) is 0.409. The molecule has 2 aliphatic carbocycles. The Kier molecular flexibility index (Phi) is 4.43. The Labute approximate surface area is 176 Å². The van der Waals surface area contributed by atoms with E-state index in [-0.39, 0.29) is 29.2 Å². The second-order valence-electron chi connectivity index (χ2n) is 8.40. The highest BCUT2D eigenvalue weighted by molar-refractivity contribution is 6.31. The first kappa shape index (κ1) is 19.5. The van der Waals surface area contributed by atoms with Gasteiger partial charge in [-0.2, -0.15) is 0 Å². The molecule has 4 nitrogen and oxygen atoms in total. The van der Waals surface area contributed by atoms with Gasteiger partial charge >= 0.3 is 12.3 Å². The number of rotatable bonds is 3. The summed E-state index contributed by atoms with van der Waals surface area (Å²) < 4.78 is 42.3. The van der Waals surface area contributed by atoms with Gasteiger partial charge in [0.2, 0.25) is 0 Å². The third kappa shape index (κ3) is 3.20. The van der Waals surface area contributed by atoms with Gasteiger partial charge in [0, 0.05) is 5.02 Å². The average Bonchev–Trinajstić information content (AvgIpc) is 3.28. The quantitative estimate of drug-likeness (QED) is 0.597. The van der Waals surface area contributed by atoms with Gasteiger partial charge in [0.1, 0.15) is 5.75 Å². The molecule has 2 N–H and O–H groups in total. The molecule has 0 radical (unpaired) electrons. The van der Waals surface area contributed by atoms with E-state index >= 15 is 0 Å². The van der Waals surface area contributed by atoms with Crippen molar-refractivity contribution < 1.29 is 27.8 Å². The molecule has 158 valence electrons. The van der Waals surface area contributed by atoms with E-state index in [1.807, 2.05) is 6.07 Å². The van der Waals surface area contributed by atoms with Gasteiger partial charge in [-0.3, -0.25) is 0 Å². The van der Waals surface area contributed by atoms with E-state index in [2.05, 4.69) is 10.1 Å². The zero-order valence-electron chi connectivity index (χ0n) is 15.7. The number of ether oxygens (including phenoxy) is 1. The van der Waals surface area contributed by atoms with Crippen LogP contribution in [0.15, 0.2) is 36.4 Å². The van der Waals surface area contributed by atoms with Crippen molar-refractivity contribution in [2.24, 2.45) is 17.8 Å². The van der Waals surface area contributed by atoms with Gasteiger partial charge in [-0.05, 0) is 78.3 Å². The number of halogens is 4. The lowest BCUT2D eigenvalue weighted by atomic mass is 9.67. The Morgan fingerprint density at radius 1 is 1.17 bits per heavy atom. The topological polar surface area (TPSA) is 58.6 Å². The summed E-state index contributed by atoms with van der Waals surface area (Å²) in [5.41, 5.74) is 2.19. The molecule has 0 aromatic heterocycles. The predicted octanol–water partition coefficient (Wildman–Crippen LogP) is 6.23. The highest BCUT2D eigenvalue weighted by Gasteiger charge is 2.54. The molecule has 5 unspecified atom stereocenters. The normalized spacial score (nSPS) is 29.1. The van der Waals surface area contributed by atoms with E-state index < -0.39 is 12.3 Å². The molecule has 2 saturated carbocycles. The highest BCUT2D eigenvalue weighted by Crippen LogP contribution is 2.64. The van der Waals surface area contributed by atoms with Crippen molar-refractivity contribution >= 4 is 23.3 Å². The van der Waals surface area contributed by atoms with Crippen molar-refractivity contribution in [2.75, 3.05) is 5.32 Å². The fourth-order valence-corrected chi connectivity index (χ4v) is 6.19. The minimum atomic E-state index is -4.77. The molecule has 2 bridgehead atoms. The van der Waals surface area contributed by atoms with Gasteiger partial charge in [0.05, 0.1) is 17.3 Å². The van der Waals surface area contributed by atoms with Crippen molar-refractivity contribution in [3.8, 4) is 5.75 Å². The molecule has 1 heterocycles. The molecule has 5 atom stereocenters. The second-order valence-corrected chi connectivity index (χ2v) is 8.84. The number of carboxylic acids is 1. The summed E-state index contributed by atoms with van der Waals surface area (Å²) in [5.74, 6) is -0.202. The van der Waals surface area contributed by atoms with Crippen LogP contribution in [0.3, 0.4) is 0 Å². The van der Waals surface area contributed by atoms with Crippen LogP contribution in [0, 0.1) is 17.8 Å². The van der Waals surface area contributed by atoms with E-state index in [4.69, 9.17) is 11.6 Å². The van der Waals surface area contributed by atoms with E-state index in [1.54, 1.807) is 6.07 Å². The van der Waals surface area contributed by atoms with Crippen molar-refractivity contribution in [1.82, 2.24) is 0 Å². The lowest BCUT2D eigenvalue weighted by molar-refractivity contribution is -0.274. The van der Waals surface area contributed by atoms with Crippen LogP contribution in [0.2, 0.25) is 5.02 Å². The van der Waals surface area contributed by atoms with Crippen LogP contribution in [0.25, 0.3) is 0 Å². The van der Waals surface area contributed by atoms with E-state index in [9.17, 15) is 23.1 Å². The number of alkyl halides is 3. The first-order chi connectivity index (χ1) is 14.2. The van der Waals surface area contributed by atoms with Crippen molar-refractivity contribution in [2.45, 2.75) is 37.6 Å². The van der Waals surface area contributed by atoms with Crippen LogP contribution >= 0.6 is 11.6 Å². The zero-order valence-corrected chi connectivity index (χ0v) is 16.5. The number of hydrogen-bond acceptors (Lipinski definition) is 3. The molecule has 2 aromatic carbocycles. The Hall–Kier alpha value is -2.41. The molecular formula is C22H19ClF3NO3. The smallest absolute Gasteiger partial charge is 0.478 e. The molecule has 2 fully saturated rings. The van der Waals surface area contributed by atoms with Gasteiger partial charge in [0.25, 0.3) is 0 Å². The van der Waals surface area contributed by atoms with Gasteiger partial charge in [0.15, 0.2) is 0 Å². The number of anilines is 1. The van der Waals surface area contributed by atoms with Crippen LogP contribution < -0.4 is 10.1 Å². The molecular weight excluding hydrogens is 419 g/mol. The maximum atomic E-state index is 12.7. The Morgan fingerprint density at radius 2 is 1.93 bits per heavy atom. The summed E-state index contributed by atoms with van der Waals surface area (Å²) in [7, 11) is 0. The van der Waals surface area contributed by atoms with Crippen LogP contribution in [0.5, 0.6) is 5.75 Å². The second kappa shape index (κ2) is 6.80. The maximum absolute atomic E-state index is 12.7. The Balaban J connectivity index is 1.62. The van der Waals surface area contributed by atoms with Crippen LogP contribution in [-0.4, -0.2) is 17.4 Å². The first-order valence-corrected chi connectivity index (χ1v) is 10.3. The molecule has 8 heteroatoms. The van der Waals surface area contributed by atoms with Crippen LogP contribution in [0.1, 0.15) is 52.7 Å². The fourth-order valence-electron chi connectivity index (χ4n) is 5.96. The molecule has 0 amide bonds. The highest BCUT2D eigenvalue weighted by atomic mass is 35.5. The predicted molar refractivity (Wildman–Crippen MR) is 105 cm³/mol. The number of nitrogens with one attached hydrogen (secondary N) is 1. The van der Waals surface area contributed by atoms with Crippen molar-refractivity contribution in [3.63, 3.8) is 0 Å². The Morgan fingerprint density at radius 3 is 2.67 bits per heavy atom. The minimum Gasteiger partial charge on any atom is -0.478 e. The molecule has 0 saturated heterocycles. The monoisotopic (exact) mass is 437 g/mol. The number of aromatic carboxylic acids is 1. The van der Waals surface area contributed by atoms with Gasteiger partial charge in [-0.15, -0.1) is 13.2 Å². The summed E-state index contributed by atoms with van der Waals surface area (Å²) in [6.07, 6.45) is -1.58.